The van der Waals surface area contributed by atoms with Crippen LogP contribution in [0.25, 0.3) is 11.3 Å². The average molecular weight is 307 g/mol. The lowest BCUT2D eigenvalue weighted by atomic mass is 10.2. The Morgan fingerprint density at radius 1 is 1.21 bits per heavy atom. The Kier molecular flexibility index (Phi) is 3.91. The zero-order valence-electron chi connectivity index (χ0n) is 9.20. The van der Waals surface area contributed by atoms with Gasteiger partial charge in [0, 0.05) is 10.5 Å². The maximum absolute atomic E-state index is 12.3. The number of thioether (sulfide) groups is 1. The molecule has 1 heterocycles. The van der Waals surface area contributed by atoms with Gasteiger partial charge >= 0.3 is 5.51 Å². The lowest BCUT2D eigenvalue weighted by molar-refractivity contribution is -0.0328. The van der Waals surface area contributed by atoms with E-state index >= 15 is 0 Å². The molecule has 19 heavy (non-hydrogen) atoms. The molecule has 0 N–H and O–H groups in total. The molecule has 0 radical (unpaired) electrons. The predicted molar refractivity (Wildman–Crippen MR) is 66.5 cm³/mol. The number of carbonyl (C=O) groups is 1. The summed E-state index contributed by atoms with van der Waals surface area (Å²) in [6, 6.07) is 6.80. The lowest BCUT2D eigenvalue weighted by Crippen LogP contribution is -1.98. The lowest BCUT2D eigenvalue weighted by Gasteiger charge is -2.07. The van der Waals surface area contributed by atoms with Crippen LogP contribution in [-0.2, 0) is 0 Å². The Morgan fingerprint density at radius 3 is 2.53 bits per heavy atom. The van der Waals surface area contributed by atoms with E-state index in [1.807, 2.05) is 0 Å². The molecule has 0 saturated carbocycles. The number of alkyl halides is 3. The summed E-state index contributed by atoms with van der Waals surface area (Å²) in [6.45, 7) is 0. The zero-order valence-corrected chi connectivity index (χ0v) is 10.8. The molecule has 100 valence electrons. The minimum absolute atomic E-state index is 0.00375. The fraction of sp³-hybridized carbons (Fsp3) is 0.0833. The summed E-state index contributed by atoms with van der Waals surface area (Å²) in [5.41, 5.74) is -4.06. The normalized spacial score (nSPS) is 11.6. The van der Waals surface area contributed by atoms with Crippen LogP contribution in [-0.4, -0.2) is 11.8 Å². The SMILES string of the molecule is O=Cc1ccc(-c2cc(SC(F)(F)F)ccc2Cl)o1. The molecule has 0 spiro atoms. The highest BCUT2D eigenvalue weighted by molar-refractivity contribution is 8.00. The molecule has 2 nitrogen and oxygen atoms in total. The summed E-state index contributed by atoms with van der Waals surface area (Å²) in [5.74, 6) is 0.330. The third kappa shape index (κ3) is 3.54. The first kappa shape index (κ1) is 14.0. The van der Waals surface area contributed by atoms with Gasteiger partial charge in [0.2, 0.25) is 0 Å². The van der Waals surface area contributed by atoms with E-state index in [2.05, 4.69) is 0 Å². The van der Waals surface area contributed by atoms with Crippen LogP contribution in [0.2, 0.25) is 5.02 Å². The predicted octanol–water partition coefficient (Wildman–Crippen LogP) is 5.02. The van der Waals surface area contributed by atoms with E-state index in [-0.39, 0.29) is 33.2 Å². The Morgan fingerprint density at radius 2 is 1.95 bits per heavy atom. The van der Waals surface area contributed by atoms with Gasteiger partial charge in [-0.1, -0.05) is 11.6 Å². The van der Waals surface area contributed by atoms with Gasteiger partial charge in [0.25, 0.3) is 0 Å². The van der Waals surface area contributed by atoms with Crippen molar-refractivity contribution in [1.82, 2.24) is 0 Å². The van der Waals surface area contributed by atoms with Crippen LogP contribution in [0.3, 0.4) is 0 Å². The monoisotopic (exact) mass is 306 g/mol. The number of furan rings is 1. The van der Waals surface area contributed by atoms with Crippen molar-refractivity contribution in [3.05, 3.63) is 41.1 Å². The molecule has 0 bridgehead atoms. The van der Waals surface area contributed by atoms with Crippen LogP contribution in [0.1, 0.15) is 10.6 Å². The molecule has 2 rings (SSSR count). The number of rotatable bonds is 3. The number of hydrogen-bond donors (Lipinski definition) is 0. The van der Waals surface area contributed by atoms with E-state index in [0.717, 1.165) is 0 Å². The van der Waals surface area contributed by atoms with Gasteiger partial charge in [-0.3, -0.25) is 4.79 Å². The number of carbonyl (C=O) groups excluding carboxylic acids is 1. The summed E-state index contributed by atoms with van der Waals surface area (Å²) in [6.07, 6.45) is 0.506. The second-order valence-corrected chi connectivity index (χ2v) is 5.05. The van der Waals surface area contributed by atoms with Crippen LogP contribution in [0.15, 0.2) is 39.6 Å². The number of benzene rings is 1. The van der Waals surface area contributed by atoms with Crippen molar-refractivity contribution in [1.29, 1.82) is 0 Å². The van der Waals surface area contributed by atoms with Crippen molar-refractivity contribution >= 4 is 29.6 Å². The van der Waals surface area contributed by atoms with E-state index in [4.69, 9.17) is 16.0 Å². The molecule has 0 aliphatic rings. The quantitative estimate of drug-likeness (QED) is 0.589. The third-order valence-corrected chi connectivity index (χ3v) is 3.23. The molecule has 1 aromatic heterocycles. The smallest absolute Gasteiger partial charge is 0.446 e. The Labute approximate surface area is 115 Å². The van der Waals surface area contributed by atoms with Crippen LogP contribution in [0, 0.1) is 0 Å². The van der Waals surface area contributed by atoms with Gasteiger partial charge in [0.15, 0.2) is 12.0 Å². The second-order valence-electron chi connectivity index (χ2n) is 3.51. The van der Waals surface area contributed by atoms with E-state index in [1.54, 1.807) is 0 Å². The fourth-order valence-corrected chi connectivity index (χ4v) is 2.24. The van der Waals surface area contributed by atoms with Crippen LogP contribution < -0.4 is 0 Å². The largest absolute Gasteiger partial charge is 0.453 e. The summed E-state index contributed by atoms with van der Waals surface area (Å²) in [4.78, 5) is 10.5. The van der Waals surface area contributed by atoms with Crippen LogP contribution in [0.5, 0.6) is 0 Å². The van der Waals surface area contributed by atoms with E-state index in [1.165, 1.54) is 30.3 Å². The van der Waals surface area contributed by atoms with Crippen molar-refractivity contribution in [3.8, 4) is 11.3 Å². The van der Waals surface area contributed by atoms with Crippen molar-refractivity contribution in [2.75, 3.05) is 0 Å². The Balaban J connectivity index is 2.39. The van der Waals surface area contributed by atoms with Crippen LogP contribution in [0.4, 0.5) is 13.2 Å². The van der Waals surface area contributed by atoms with Gasteiger partial charge in [0.1, 0.15) is 5.76 Å². The topological polar surface area (TPSA) is 30.2 Å². The molecule has 1 aromatic carbocycles. The van der Waals surface area contributed by atoms with Gasteiger partial charge in [0.05, 0.1) is 5.02 Å². The molecule has 2 aromatic rings. The van der Waals surface area contributed by atoms with Gasteiger partial charge in [-0.25, -0.2) is 0 Å². The first-order valence-corrected chi connectivity index (χ1v) is 6.19. The first-order valence-electron chi connectivity index (χ1n) is 5.00. The maximum atomic E-state index is 12.3. The number of halogens is 4. The van der Waals surface area contributed by atoms with Gasteiger partial charge in [-0.05, 0) is 42.1 Å². The molecule has 7 heteroatoms. The van der Waals surface area contributed by atoms with E-state index in [9.17, 15) is 18.0 Å². The van der Waals surface area contributed by atoms with Gasteiger partial charge in [-0.15, -0.1) is 0 Å². The minimum atomic E-state index is -4.37. The first-order chi connectivity index (χ1) is 8.89. The molecular weight excluding hydrogens is 301 g/mol. The van der Waals surface area contributed by atoms with E-state index in [0.29, 0.717) is 11.8 Å². The van der Waals surface area contributed by atoms with Crippen molar-refractivity contribution in [2.45, 2.75) is 10.4 Å². The number of aldehydes is 1. The molecule has 0 unspecified atom stereocenters. The van der Waals surface area contributed by atoms with Crippen molar-refractivity contribution in [3.63, 3.8) is 0 Å². The van der Waals surface area contributed by atoms with Gasteiger partial charge < -0.3 is 4.42 Å². The molecule has 0 atom stereocenters. The second kappa shape index (κ2) is 5.30. The minimum Gasteiger partial charge on any atom is -0.453 e. The van der Waals surface area contributed by atoms with Crippen LogP contribution >= 0.6 is 23.4 Å². The molecular formula is C12H6ClF3O2S. The number of hydrogen-bond acceptors (Lipinski definition) is 3. The van der Waals surface area contributed by atoms with E-state index < -0.39 is 5.51 Å². The highest BCUT2D eigenvalue weighted by Crippen LogP contribution is 2.40. The molecule has 0 aliphatic heterocycles. The summed E-state index contributed by atoms with van der Waals surface area (Å²) >= 11 is 5.68. The molecule has 0 saturated heterocycles. The third-order valence-electron chi connectivity index (χ3n) is 2.18. The fourth-order valence-electron chi connectivity index (χ4n) is 1.45. The molecule has 0 aliphatic carbocycles. The highest BCUT2D eigenvalue weighted by atomic mass is 35.5. The summed E-state index contributed by atoms with van der Waals surface area (Å²) in [7, 11) is 0. The summed E-state index contributed by atoms with van der Waals surface area (Å²) in [5, 5.41) is 0.248. The van der Waals surface area contributed by atoms with Crippen molar-refractivity contribution in [2.24, 2.45) is 0 Å². The highest BCUT2D eigenvalue weighted by Gasteiger charge is 2.29. The Hall–Kier alpha value is -1.40. The maximum Gasteiger partial charge on any atom is 0.446 e. The van der Waals surface area contributed by atoms with Crippen molar-refractivity contribution < 1.29 is 22.4 Å². The standard InChI is InChI=1S/C12H6ClF3O2S/c13-10-3-2-8(19-12(14,15)16)5-9(10)11-4-1-7(6-17)18-11/h1-6H. The van der Waals surface area contributed by atoms with Gasteiger partial charge in [-0.2, -0.15) is 13.2 Å². The zero-order chi connectivity index (χ0) is 14.0. The average Bonchev–Trinajstić information content (AvgIpc) is 2.78. The molecule has 0 fully saturated rings. The molecule has 0 amide bonds. The summed E-state index contributed by atoms with van der Waals surface area (Å²) < 4.78 is 42.0. The Bertz CT molecular complexity index is 607.